The Balaban J connectivity index is 1.72. The molecule has 0 aliphatic carbocycles. The predicted molar refractivity (Wildman–Crippen MR) is 98.7 cm³/mol. The molecule has 3 rings (SSSR count). The lowest BCUT2D eigenvalue weighted by Crippen LogP contribution is -2.39. The minimum absolute atomic E-state index is 0.00512. The zero-order valence-corrected chi connectivity index (χ0v) is 14.5. The molecule has 2 aromatic carbocycles. The fourth-order valence-corrected chi connectivity index (χ4v) is 2.80. The number of nitrogens with one attached hydrogen (secondary N) is 2. The quantitative estimate of drug-likeness (QED) is 0.862. The van der Waals surface area contributed by atoms with Crippen molar-refractivity contribution < 1.29 is 14.3 Å². The van der Waals surface area contributed by atoms with Crippen molar-refractivity contribution in [3.63, 3.8) is 0 Å². The van der Waals surface area contributed by atoms with E-state index in [1.165, 1.54) is 0 Å². The first-order valence-electron chi connectivity index (χ1n) is 7.97. The monoisotopic (exact) mass is 359 g/mol. The van der Waals surface area contributed by atoms with Gasteiger partial charge in [0.25, 0.3) is 5.91 Å². The van der Waals surface area contributed by atoms with Gasteiger partial charge in [0.1, 0.15) is 5.75 Å². The third-order valence-corrected chi connectivity index (χ3v) is 3.93. The molecule has 1 aliphatic heterocycles. The molecule has 0 unspecified atom stereocenters. The van der Waals surface area contributed by atoms with Crippen molar-refractivity contribution in [3.05, 3.63) is 47.5 Å². The number of carbonyl (C=O) groups is 2. The molecule has 0 spiro atoms. The average molecular weight is 360 g/mol. The van der Waals surface area contributed by atoms with Gasteiger partial charge in [-0.3, -0.25) is 4.79 Å². The number of carbonyl (C=O) groups excluding carboxylic acids is 2. The maximum atomic E-state index is 12.1. The minimum atomic E-state index is -0.389. The number of rotatable bonds is 4. The van der Waals surface area contributed by atoms with Crippen molar-refractivity contribution in [1.29, 1.82) is 0 Å². The summed E-state index contributed by atoms with van der Waals surface area (Å²) in [6, 6.07) is 11.7. The van der Waals surface area contributed by atoms with Gasteiger partial charge in [-0.15, -0.1) is 0 Å². The molecule has 1 heterocycles. The third-order valence-electron chi connectivity index (χ3n) is 3.69. The van der Waals surface area contributed by atoms with E-state index in [1.54, 1.807) is 47.4 Å². The molecule has 0 aromatic heterocycles. The first-order chi connectivity index (χ1) is 12.1. The average Bonchev–Trinajstić information content (AvgIpc) is 2.57. The van der Waals surface area contributed by atoms with Crippen LogP contribution in [0.15, 0.2) is 42.5 Å². The molecule has 0 bridgehead atoms. The fraction of sp³-hybridized carbons (Fsp3) is 0.222. The molecular formula is C18H18ClN3O3. The maximum Gasteiger partial charge on any atom is 0.323 e. The van der Waals surface area contributed by atoms with Crippen LogP contribution in [0.1, 0.15) is 13.3 Å². The Kier molecular flexibility index (Phi) is 5.09. The van der Waals surface area contributed by atoms with Crippen LogP contribution in [0.3, 0.4) is 0 Å². The predicted octanol–water partition coefficient (Wildman–Crippen LogP) is 4.12. The van der Waals surface area contributed by atoms with E-state index in [9.17, 15) is 9.59 Å². The largest absolute Gasteiger partial charge is 0.481 e. The summed E-state index contributed by atoms with van der Waals surface area (Å²) in [5.74, 6) is 0.516. The van der Waals surface area contributed by atoms with E-state index in [-0.39, 0.29) is 18.5 Å². The van der Waals surface area contributed by atoms with Gasteiger partial charge < -0.3 is 20.3 Å². The third kappa shape index (κ3) is 4.03. The van der Waals surface area contributed by atoms with Gasteiger partial charge in [-0.2, -0.15) is 0 Å². The molecule has 0 atom stereocenters. The molecule has 1 aliphatic rings. The molecule has 0 radical (unpaired) electrons. The first-order valence-corrected chi connectivity index (χ1v) is 8.35. The van der Waals surface area contributed by atoms with E-state index < -0.39 is 0 Å². The number of hydrogen-bond acceptors (Lipinski definition) is 3. The molecule has 25 heavy (non-hydrogen) atoms. The number of hydrogen-bond donors (Lipinski definition) is 2. The molecule has 7 heteroatoms. The number of amides is 3. The van der Waals surface area contributed by atoms with Gasteiger partial charge in [0.2, 0.25) is 0 Å². The number of halogens is 1. The highest BCUT2D eigenvalue weighted by Gasteiger charge is 2.25. The normalized spacial score (nSPS) is 13.0. The molecule has 2 aromatic rings. The van der Waals surface area contributed by atoms with Crippen LogP contribution in [-0.4, -0.2) is 25.1 Å². The van der Waals surface area contributed by atoms with Crippen LogP contribution in [0, 0.1) is 0 Å². The van der Waals surface area contributed by atoms with E-state index in [1.807, 2.05) is 6.92 Å². The smallest absolute Gasteiger partial charge is 0.323 e. The van der Waals surface area contributed by atoms with Crippen LogP contribution in [0.5, 0.6) is 5.75 Å². The highest BCUT2D eigenvalue weighted by Crippen LogP contribution is 2.34. The number of urea groups is 1. The lowest BCUT2D eigenvalue weighted by molar-refractivity contribution is -0.121. The van der Waals surface area contributed by atoms with Gasteiger partial charge in [-0.1, -0.05) is 24.6 Å². The molecular weight excluding hydrogens is 342 g/mol. The van der Waals surface area contributed by atoms with Crippen molar-refractivity contribution in [2.45, 2.75) is 13.3 Å². The Morgan fingerprint density at radius 2 is 1.96 bits per heavy atom. The summed E-state index contributed by atoms with van der Waals surface area (Å²) in [4.78, 5) is 25.8. The van der Waals surface area contributed by atoms with Gasteiger partial charge in [0.15, 0.2) is 6.61 Å². The number of anilines is 3. The Labute approximate surface area is 150 Å². The highest BCUT2D eigenvalue weighted by atomic mass is 35.5. The Morgan fingerprint density at radius 1 is 1.20 bits per heavy atom. The summed E-state index contributed by atoms with van der Waals surface area (Å²) in [7, 11) is 0. The molecule has 0 saturated carbocycles. The summed E-state index contributed by atoms with van der Waals surface area (Å²) < 4.78 is 5.49. The van der Waals surface area contributed by atoms with Crippen molar-refractivity contribution in [3.8, 4) is 5.75 Å². The van der Waals surface area contributed by atoms with E-state index in [4.69, 9.17) is 16.3 Å². The summed E-state index contributed by atoms with van der Waals surface area (Å²) >= 11 is 5.90. The molecule has 3 amide bonds. The van der Waals surface area contributed by atoms with Crippen LogP contribution in [0.25, 0.3) is 0 Å². The number of ether oxygens (including phenoxy) is 1. The van der Waals surface area contributed by atoms with Crippen LogP contribution in [-0.2, 0) is 4.79 Å². The van der Waals surface area contributed by atoms with Crippen molar-refractivity contribution in [1.82, 2.24) is 0 Å². The second-order valence-electron chi connectivity index (χ2n) is 5.61. The number of nitrogens with zero attached hydrogens (tertiary/aromatic N) is 1. The first kappa shape index (κ1) is 17.1. The zero-order chi connectivity index (χ0) is 17.8. The highest BCUT2D eigenvalue weighted by molar-refractivity contribution is 6.30. The van der Waals surface area contributed by atoms with Gasteiger partial charge in [0.05, 0.1) is 5.69 Å². The van der Waals surface area contributed by atoms with E-state index in [0.29, 0.717) is 28.7 Å². The summed E-state index contributed by atoms with van der Waals surface area (Å²) in [5.41, 5.74) is 1.89. The Hall–Kier alpha value is -2.73. The van der Waals surface area contributed by atoms with Gasteiger partial charge in [-0.05, 0) is 36.8 Å². The van der Waals surface area contributed by atoms with Crippen LogP contribution < -0.4 is 20.3 Å². The molecule has 0 saturated heterocycles. The van der Waals surface area contributed by atoms with Crippen LogP contribution in [0.4, 0.5) is 21.9 Å². The summed E-state index contributed by atoms with van der Waals surface area (Å²) in [6.07, 6.45) is 0.854. The van der Waals surface area contributed by atoms with Crippen molar-refractivity contribution in [2.24, 2.45) is 0 Å². The fourth-order valence-electron chi connectivity index (χ4n) is 2.61. The lowest BCUT2D eigenvalue weighted by atomic mass is 10.2. The molecule has 130 valence electrons. The van der Waals surface area contributed by atoms with Crippen molar-refractivity contribution >= 4 is 40.6 Å². The standard InChI is InChI=1S/C18H18ClN3O3/c1-2-8-22-15-7-6-14(10-16(15)25-11-17(22)23)21-18(24)20-13-5-3-4-12(19)9-13/h3-7,9-10H,2,8,11H2,1H3,(H2,20,21,24). The van der Waals surface area contributed by atoms with Gasteiger partial charge >= 0.3 is 6.03 Å². The summed E-state index contributed by atoms with van der Waals surface area (Å²) in [5, 5.41) is 5.99. The van der Waals surface area contributed by atoms with Gasteiger partial charge in [-0.25, -0.2) is 4.79 Å². The number of benzene rings is 2. The molecule has 2 N–H and O–H groups in total. The van der Waals surface area contributed by atoms with E-state index >= 15 is 0 Å². The second kappa shape index (κ2) is 7.44. The topological polar surface area (TPSA) is 70.7 Å². The number of fused-ring (bicyclic) bond motifs is 1. The Bertz CT molecular complexity index is 810. The maximum absolute atomic E-state index is 12.1. The van der Waals surface area contributed by atoms with Crippen LogP contribution in [0.2, 0.25) is 5.02 Å². The summed E-state index contributed by atoms with van der Waals surface area (Å²) in [6.45, 7) is 2.65. The lowest BCUT2D eigenvalue weighted by Gasteiger charge is -2.29. The minimum Gasteiger partial charge on any atom is -0.481 e. The van der Waals surface area contributed by atoms with E-state index in [0.717, 1.165) is 12.1 Å². The zero-order valence-electron chi connectivity index (χ0n) is 13.7. The molecule has 0 fully saturated rings. The SMILES string of the molecule is CCCN1C(=O)COc2cc(NC(=O)Nc3cccc(Cl)c3)ccc21. The second-order valence-corrected chi connectivity index (χ2v) is 6.04. The van der Waals surface area contributed by atoms with E-state index in [2.05, 4.69) is 10.6 Å². The van der Waals surface area contributed by atoms with Gasteiger partial charge in [0, 0.05) is 29.0 Å². The Morgan fingerprint density at radius 3 is 2.68 bits per heavy atom. The van der Waals surface area contributed by atoms with Crippen molar-refractivity contribution in [2.75, 3.05) is 28.7 Å². The molecule has 6 nitrogen and oxygen atoms in total. The van der Waals surface area contributed by atoms with Crippen LogP contribution >= 0.6 is 11.6 Å².